The van der Waals surface area contributed by atoms with Crippen molar-refractivity contribution in [3.8, 4) is 0 Å². The molecular formula is C14H15F2N3. The number of halogens is 2. The molecule has 3 nitrogen and oxygen atoms in total. The standard InChI is InChI=1S/C14H15F2N3/c15-11-6-5-9(7-12(11)16)8-13-17-14(19-18-13)10-3-1-2-4-10/h5-7,10H,1-4,8H2,(H,17,18,19). The van der Waals surface area contributed by atoms with Crippen molar-refractivity contribution in [2.45, 2.75) is 38.0 Å². The van der Waals surface area contributed by atoms with E-state index in [-0.39, 0.29) is 0 Å². The number of hydrogen-bond donors (Lipinski definition) is 1. The van der Waals surface area contributed by atoms with Crippen molar-refractivity contribution in [1.29, 1.82) is 0 Å². The van der Waals surface area contributed by atoms with Crippen LogP contribution < -0.4 is 0 Å². The monoisotopic (exact) mass is 263 g/mol. The fourth-order valence-electron chi connectivity index (χ4n) is 2.60. The first-order chi connectivity index (χ1) is 9.22. The molecule has 3 rings (SSSR count). The summed E-state index contributed by atoms with van der Waals surface area (Å²) in [7, 11) is 0. The van der Waals surface area contributed by atoms with Crippen molar-refractivity contribution in [2.24, 2.45) is 0 Å². The molecule has 0 bridgehead atoms. The lowest BCUT2D eigenvalue weighted by Gasteiger charge is -2.01. The number of aromatic nitrogens is 3. The molecule has 1 aliphatic rings. The summed E-state index contributed by atoms with van der Waals surface area (Å²) in [5.41, 5.74) is 0.688. The molecule has 0 spiro atoms. The Morgan fingerprint density at radius 1 is 1.16 bits per heavy atom. The van der Waals surface area contributed by atoms with Gasteiger partial charge in [0.05, 0.1) is 0 Å². The van der Waals surface area contributed by atoms with E-state index >= 15 is 0 Å². The summed E-state index contributed by atoms with van der Waals surface area (Å²) in [6, 6.07) is 3.90. The zero-order chi connectivity index (χ0) is 13.2. The van der Waals surface area contributed by atoms with Crippen LogP contribution in [0.4, 0.5) is 8.78 Å². The van der Waals surface area contributed by atoms with E-state index in [1.807, 2.05) is 0 Å². The maximum atomic E-state index is 13.1. The molecule has 0 unspecified atom stereocenters. The highest BCUT2D eigenvalue weighted by Crippen LogP contribution is 2.31. The third-order valence-corrected chi connectivity index (χ3v) is 3.62. The highest BCUT2D eigenvalue weighted by atomic mass is 19.2. The van der Waals surface area contributed by atoms with Crippen molar-refractivity contribution in [3.05, 3.63) is 47.0 Å². The minimum atomic E-state index is -0.826. The lowest BCUT2D eigenvalue weighted by atomic mass is 10.1. The van der Waals surface area contributed by atoms with E-state index in [1.54, 1.807) is 6.07 Å². The molecule has 1 N–H and O–H groups in total. The molecule has 1 aromatic heterocycles. The molecule has 0 atom stereocenters. The van der Waals surface area contributed by atoms with E-state index in [0.29, 0.717) is 23.7 Å². The number of benzene rings is 1. The second-order valence-electron chi connectivity index (χ2n) is 5.05. The number of nitrogens with zero attached hydrogens (tertiary/aromatic N) is 2. The first kappa shape index (κ1) is 12.3. The summed E-state index contributed by atoms with van der Waals surface area (Å²) < 4.78 is 25.9. The van der Waals surface area contributed by atoms with Crippen LogP contribution in [0.1, 0.15) is 48.8 Å². The van der Waals surface area contributed by atoms with Crippen molar-refractivity contribution in [1.82, 2.24) is 15.2 Å². The van der Waals surface area contributed by atoms with E-state index in [0.717, 1.165) is 24.7 Å². The van der Waals surface area contributed by atoms with Gasteiger partial charge in [-0.15, -0.1) is 0 Å². The Balaban J connectivity index is 1.74. The second-order valence-corrected chi connectivity index (χ2v) is 5.05. The van der Waals surface area contributed by atoms with Crippen LogP contribution in [0.2, 0.25) is 0 Å². The number of hydrogen-bond acceptors (Lipinski definition) is 2. The number of rotatable bonds is 3. The van der Waals surface area contributed by atoms with Gasteiger partial charge < -0.3 is 0 Å². The average molecular weight is 263 g/mol. The molecule has 0 saturated heterocycles. The summed E-state index contributed by atoms with van der Waals surface area (Å²) in [5, 5.41) is 7.12. The summed E-state index contributed by atoms with van der Waals surface area (Å²) in [5.74, 6) is 0.360. The summed E-state index contributed by atoms with van der Waals surface area (Å²) in [6.45, 7) is 0. The third kappa shape index (κ3) is 2.64. The maximum absolute atomic E-state index is 13.1. The van der Waals surface area contributed by atoms with Crippen LogP contribution >= 0.6 is 0 Å². The van der Waals surface area contributed by atoms with E-state index in [1.165, 1.54) is 18.9 Å². The van der Waals surface area contributed by atoms with E-state index < -0.39 is 11.6 Å². The van der Waals surface area contributed by atoms with Crippen LogP contribution in [0, 0.1) is 11.6 Å². The molecule has 0 radical (unpaired) electrons. The molecule has 1 fully saturated rings. The molecule has 0 amide bonds. The van der Waals surface area contributed by atoms with Gasteiger partial charge in [0.2, 0.25) is 0 Å². The zero-order valence-corrected chi connectivity index (χ0v) is 10.5. The van der Waals surface area contributed by atoms with E-state index in [4.69, 9.17) is 0 Å². The van der Waals surface area contributed by atoms with Crippen LogP contribution in [-0.4, -0.2) is 15.2 Å². The fraction of sp³-hybridized carbons (Fsp3) is 0.429. The molecule has 0 aliphatic heterocycles. The Morgan fingerprint density at radius 2 is 1.95 bits per heavy atom. The molecule has 100 valence electrons. The van der Waals surface area contributed by atoms with Gasteiger partial charge in [0, 0.05) is 12.3 Å². The predicted molar refractivity (Wildman–Crippen MR) is 66.8 cm³/mol. The van der Waals surface area contributed by atoms with Crippen molar-refractivity contribution >= 4 is 0 Å². The molecule has 1 aromatic carbocycles. The van der Waals surface area contributed by atoms with Gasteiger partial charge in [0.25, 0.3) is 0 Å². The Hall–Kier alpha value is -1.78. The quantitative estimate of drug-likeness (QED) is 0.922. The van der Waals surface area contributed by atoms with Gasteiger partial charge in [-0.25, -0.2) is 13.8 Å². The van der Waals surface area contributed by atoms with Gasteiger partial charge in [0.15, 0.2) is 17.5 Å². The summed E-state index contributed by atoms with van der Waals surface area (Å²) in [4.78, 5) is 4.46. The largest absolute Gasteiger partial charge is 0.263 e. The zero-order valence-electron chi connectivity index (χ0n) is 10.5. The third-order valence-electron chi connectivity index (χ3n) is 3.62. The highest BCUT2D eigenvalue weighted by molar-refractivity contribution is 5.21. The molecule has 2 aromatic rings. The Morgan fingerprint density at radius 3 is 2.68 bits per heavy atom. The highest BCUT2D eigenvalue weighted by Gasteiger charge is 2.21. The maximum Gasteiger partial charge on any atom is 0.159 e. The predicted octanol–water partition coefficient (Wildman–Crippen LogP) is 3.33. The summed E-state index contributed by atoms with van der Waals surface area (Å²) in [6.07, 6.45) is 5.19. The van der Waals surface area contributed by atoms with Gasteiger partial charge >= 0.3 is 0 Å². The average Bonchev–Trinajstić information content (AvgIpc) is 3.04. The van der Waals surface area contributed by atoms with Crippen LogP contribution in [0.15, 0.2) is 18.2 Å². The molecule has 1 aliphatic carbocycles. The van der Waals surface area contributed by atoms with Crippen molar-refractivity contribution in [2.75, 3.05) is 0 Å². The minimum Gasteiger partial charge on any atom is -0.263 e. The van der Waals surface area contributed by atoms with Gasteiger partial charge in [-0.3, -0.25) is 5.10 Å². The van der Waals surface area contributed by atoms with Crippen molar-refractivity contribution < 1.29 is 8.78 Å². The van der Waals surface area contributed by atoms with Gasteiger partial charge in [-0.1, -0.05) is 18.9 Å². The molecule has 1 heterocycles. The van der Waals surface area contributed by atoms with Gasteiger partial charge in [0.1, 0.15) is 5.82 Å². The lowest BCUT2D eigenvalue weighted by Crippen LogP contribution is -1.96. The smallest absolute Gasteiger partial charge is 0.159 e. The number of H-pyrrole nitrogens is 1. The second kappa shape index (κ2) is 5.07. The van der Waals surface area contributed by atoms with E-state index in [9.17, 15) is 8.78 Å². The molecule has 1 saturated carbocycles. The van der Waals surface area contributed by atoms with Crippen LogP contribution in [-0.2, 0) is 6.42 Å². The number of nitrogens with one attached hydrogen (secondary N) is 1. The van der Waals surface area contributed by atoms with Crippen molar-refractivity contribution in [3.63, 3.8) is 0 Å². The minimum absolute atomic E-state index is 0.441. The molecular weight excluding hydrogens is 248 g/mol. The lowest BCUT2D eigenvalue weighted by molar-refractivity contribution is 0.507. The molecule has 5 heteroatoms. The summed E-state index contributed by atoms with van der Waals surface area (Å²) >= 11 is 0. The Labute approximate surface area is 110 Å². The first-order valence-electron chi connectivity index (χ1n) is 6.57. The number of aromatic amines is 1. The first-order valence-corrected chi connectivity index (χ1v) is 6.57. The van der Waals surface area contributed by atoms with Crippen LogP contribution in [0.3, 0.4) is 0 Å². The SMILES string of the molecule is Fc1ccc(Cc2nc(C3CCCC3)n[nH]2)cc1F. The molecule has 19 heavy (non-hydrogen) atoms. The van der Waals surface area contributed by atoms with Crippen LogP contribution in [0.5, 0.6) is 0 Å². The Kier molecular flexibility index (Phi) is 3.27. The Bertz CT molecular complexity index is 574. The fourth-order valence-corrected chi connectivity index (χ4v) is 2.60. The van der Waals surface area contributed by atoms with Crippen LogP contribution in [0.25, 0.3) is 0 Å². The van der Waals surface area contributed by atoms with E-state index in [2.05, 4.69) is 15.2 Å². The van der Waals surface area contributed by atoms with Gasteiger partial charge in [-0.05, 0) is 30.5 Å². The normalized spacial score (nSPS) is 16.1. The van der Waals surface area contributed by atoms with Gasteiger partial charge in [-0.2, -0.15) is 5.10 Å². The topological polar surface area (TPSA) is 41.6 Å².